The molecule has 7 heteroatoms. The van der Waals surface area contributed by atoms with Gasteiger partial charge in [-0.05, 0) is 35.8 Å². The lowest BCUT2D eigenvalue weighted by molar-refractivity contribution is 0.0721. The maximum absolute atomic E-state index is 13.3. The molecule has 0 saturated carbocycles. The van der Waals surface area contributed by atoms with Gasteiger partial charge in [0.05, 0.1) is 17.7 Å². The zero-order chi connectivity index (χ0) is 19.0. The molecule has 1 aliphatic rings. The van der Waals surface area contributed by atoms with Gasteiger partial charge >= 0.3 is 0 Å². The maximum atomic E-state index is 13.3. The van der Waals surface area contributed by atoms with Gasteiger partial charge in [-0.25, -0.2) is 4.39 Å². The number of rotatable bonds is 4. The molecule has 0 saturated heterocycles. The number of ether oxygens (including phenoxy) is 1. The van der Waals surface area contributed by atoms with Crippen molar-refractivity contribution in [1.82, 2.24) is 9.47 Å². The van der Waals surface area contributed by atoms with Crippen LogP contribution >= 0.6 is 11.6 Å². The standard InChI is InChI=1S/C19H18ClFN2O3/c1-4-15-12-7-8-23(10-11-5-6-14(21)13(20)9-11)18(24)16(12)17(26-3)19(25)22(15)2/h4-6,9H,1,7-8,10H2,2-3H3. The second-order valence-electron chi connectivity index (χ2n) is 6.07. The minimum absolute atomic E-state index is 0.00718. The lowest BCUT2D eigenvalue weighted by atomic mass is 9.95. The molecule has 0 radical (unpaired) electrons. The Morgan fingerprint density at radius 3 is 2.73 bits per heavy atom. The predicted molar refractivity (Wildman–Crippen MR) is 98.2 cm³/mol. The number of fused-ring (bicyclic) bond motifs is 1. The highest BCUT2D eigenvalue weighted by Crippen LogP contribution is 2.29. The Kier molecular flexibility index (Phi) is 4.87. The van der Waals surface area contributed by atoms with E-state index in [9.17, 15) is 14.0 Å². The van der Waals surface area contributed by atoms with Crippen LogP contribution in [0.2, 0.25) is 5.02 Å². The first kappa shape index (κ1) is 18.2. The Bertz CT molecular complexity index is 968. The van der Waals surface area contributed by atoms with Gasteiger partial charge in [-0.2, -0.15) is 0 Å². The monoisotopic (exact) mass is 376 g/mol. The van der Waals surface area contributed by atoms with E-state index in [0.29, 0.717) is 24.2 Å². The van der Waals surface area contributed by atoms with Gasteiger partial charge in [0, 0.05) is 25.8 Å². The number of hydrogen-bond acceptors (Lipinski definition) is 3. The summed E-state index contributed by atoms with van der Waals surface area (Å²) < 4.78 is 20.0. The number of methoxy groups -OCH3 is 1. The van der Waals surface area contributed by atoms with Crippen LogP contribution in [0.25, 0.3) is 6.08 Å². The number of hydrogen-bond donors (Lipinski definition) is 0. The summed E-state index contributed by atoms with van der Waals surface area (Å²) in [5.41, 5.74) is 1.95. The van der Waals surface area contributed by atoms with Gasteiger partial charge in [-0.1, -0.05) is 24.2 Å². The van der Waals surface area contributed by atoms with Crippen molar-refractivity contribution in [2.24, 2.45) is 7.05 Å². The average Bonchev–Trinajstić information content (AvgIpc) is 2.62. The van der Waals surface area contributed by atoms with E-state index in [1.54, 1.807) is 24.1 Å². The molecule has 0 atom stereocenters. The van der Waals surface area contributed by atoms with Crippen molar-refractivity contribution in [3.63, 3.8) is 0 Å². The van der Waals surface area contributed by atoms with E-state index in [-0.39, 0.29) is 34.3 Å². The molecular formula is C19H18ClFN2O3. The lowest BCUT2D eigenvalue weighted by Crippen LogP contribution is -2.40. The molecule has 0 unspecified atom stereocenters. The highest BCUT2D eigenvalue weighted by Gasteiger charge is 2.32. The second kappa shape index (κ2) is 6.96. The topological polar surface area (TPSA) is 51.5 Å². The first-order valence-electron chi connectivity index (χ1n) is 8.04. The lowest BCUT2D eigenvalue weighted by Gasteiger charge is -2.31. The van der Waals surface area contributed by atoms with Crippen LogP contribution in [0.1, 0.15) is 27.2 Å². The molecular weight excluding hydrogens is 359 g/mol. The Hall–Kier alpha value is -2.60. The highest BCUT2D eigenvalue weighted by atomic mass is 35.5. The number of aromatic nitrogens is 1. The molecule has 1 amide bonds. The zero-order valence-electron chi connectivity index (χ0n) is 14.5. The Morgan fingerprint density at radius 2 is 2.12 bits per heavy atom. The van der Waals surface area contributed by atoms with Crippen molar-refractivity contribution in [3.05, 3.63) is 68.4 Å². The first-order chi connectivity index (χ1) is 12.4. The molecule has 26 heavy (non-hydrogen) atoms. The minimum Gasteiger partial charge on any atom is -0.490 e. The van der Waals surface area contributed by atoms with Gasteiger partial charge in [0.2, 0.25) is 0 Å². The SMILES string of the molecule is C=Cc1c2c(c(OC)c(=O)n1C)C(=O)N(Cc1ccc(F)c(Cl)c1)CC2. The third-order valence-corrected chi connectivity index (χ3v) is 4.88. The Morgan fingerprint density at radius 1 is 1.38 bits per heavy atom. The number of pyridine rings is 1. The normalized spacial score (nSPS) is 13.5. The third kappa shape index (κ3) is 2.90. The summed E-state index contributed by atoms with van der Waals surface area (Å²) in [5, 5.41) is 0.00718. The van der Waals surface area contributed by atoms with E-state index in [4.69, 9.17) is 16.3 Å². The van der Waals surface area contributed by atoms with Crippen LogP contribution in [0, 0.1) is 5.82 Å². The fourth-order valence-corrected chi connectivity index (χ4v) is 3.48. The van der Waals surface area contributed by atoms with E-state index in [2.05, 4.69) is 6.58 Å². The fraction of sp³-hybridized carbons (Fsp3) is 0.263. The smallest absolute Gasteiger partial charge is 0.293 e. The zero-order valence-corrected chi connectivity index (χ0v) is 15.3. The van der Waals surface area contributed by atoms with Gasteiger partial charge in [0.25, 0.3) is 11.5 Å². The summed E-state index contributed by atoms with van der Waals surface area (Å²) in [7, 11) is 3.00. The molecule has 3 rings (SSSR count). The molecule has 5 nitrogen and oxygen atoms in total. The Balaban J connectivity index is 2.04. The van der Waals surface area contributed by atoms with E-state index < -0.39 is 5.82 Å². The largest absolute Gasteiger partial charge is 0.490 e. The van der Waals surface area contributed by atoms with Crippen LogP contribution in [-0.4, -0.2) is 29.0 Å². The van der Waals surface area contributed by atoms with E-state index >= 15 is 0 Å². The van der Waals surface area contributed by atoms with E-state index in [1.165, 1.54) is 23.8 Å². The number of amides is 1. The number of carbonyl (C=O) groups is 1. The van der Waals surface area contributed by atoms with Crippen molar-refractivity contribution in [2.75, 3.05) is 13.7 Å². The van der Waals surface area contributed by atoms with Gasteiger partial charge in [0.1, 0.15) is 5.82 Å². The molecule has 2 heterocycles. The molecule has 0 spiro atoms. The molecule has 0 bridgehead atoms. The van der Waals surface area contributed by atoms with E-state index in [1.807, 2.05) is 0 Å². The van der Waals surface area contributed by atoms with Crippen molar-refractivity contribution in [3.8, 4) is 5.75 Å². The average molecular weight is 377 g/mol. The molecule has 0 aliphatic carbocycles. The third-order valence-electron chi connectivity index (χ3n) is 4.59. The highest BCUT2D eigenvalue weighted by molar-refractivity contribution is 6.30. The maximum Gasteiger partial charge on any atom is 0.293 e. The van der Waals surface area contributed by atoms with Gasteiger partial charge < -0.3 is 14.2 Å². The molecule has 1 aromatic carbocycles. The molecule has 0 N–H and O–H groups in total. The van der Waals surface area contributed by atoms with Crippen LogP contribution in [0.5, 0.6) is 5.75 Å². The van der Waals surface area contributed by atoms with Crippen LogP contribution in [0.4, 0.5) is 4.39 Å². The molecule has 1 aromatic heterocycles. The predicted octanol–water partition coefficient (Wildman–Crippen LogP) is 3.03. The van der Waals surface area contributed by atoms with Crippen molar-refractivity contribution >= 4 is 23.6 Å². The summed E-state index contributed by atoms with van der Waals surface area (Å²) >= 11 is 5.82. The van der Waals surface area contributed by atoms with Crippen LogP contribution < -0.4 is 10.3 Å². The second-order valence-corrected chi connectivity index (χ2v) is 6.47. The quantitative estimate of drug-likeness (QED) is 0.824. The molecule has 2 aromatic rings. The Labute approximate surface area is 155 Å². The van der Waals surface area contributed by atoms with E-state index in [0.717, 1.165) is 5.56 Å². The van der Waals surface area contributed by atoms with Gasteiger partial charge in [-0.3, -0.25) is 9.59 Å². The number of benzene rings is 1. The first-order valence-corrected chi connectivity index (χ1v) is 8.42. The number of nitrogens with zero attached hydrogens (tertiary/aromatic N) is 2. The summed E-state index contributed by atoms with van der Waals surface area (Å²) in [6.07, 6.45) is 2.13. The number of halogens is 2. The van der Waals surface area contributed by atoms with Gasteiger partial charge in [0.15, 0.2) is 5.75 Å². The molecule has 136 valence electrons. The summed E-state index contributed by atoms with van der Waals surface area (Å²) in [4.78, 5) is 27.1. The number of carbonyl (C=O) groups excluding carboxylic acids is 1. The van der Waals surface area contributed by atoms with Crippen molar-refractivity contribution in [1.29, 1.82) is 0 Å². The summed E-state index contributed by atoms with van der Waals surface area (Å²) in [6.45, 7) is 4.48. The van der Waals surface area contributed by atoms with Gasteiger partial charge in [-0.15, -0.1) is 0 Å². The van der Waals surface area contributed by atoms with Crippen LogP contribution in [0.3, 0.4) is 0 Å². The molecule has 1 aliphatic heterocycles. The van der Waals surface area contributed by atoms with Crippen LogP contribution in [-0.2, 0) is 20.0 Å². The fourth-order valence-electron chi connectivity index (χ4n) is 3.28. The summed E-state index contributed by atoms with van der Waals surface area (Å²) in [5.74, 6) is -0.782. The summed E-state index contributed by atoms with van der Waals surface area (Å²) in [6, 6.07) is 4.35. The van der Waals surface area contributed by atoms with Crippen molar-refractivity contribution in [2.45, 2.75) is 13.0 Å². The minimum atomic E-state index is -0.508. The van der Waals surface area contributed by atoms with Crippen molar-refractivity contribution < 1.29 is 13.9 Å². The molecule has 0 fully saturated rings. The van der Waals surface area contributed by atoms with Crippen LogP contribution in [0.15, 0.2) is 29.6 Å².